The van der Waals surface area contributed by atoms with Crippen LogP contribution in [0.15, 0.2) is 54.6 Å². The highest BCUT2D eigenvalue weighted by molar-refractivity contribution is 6.06. The summed E-state index contributed by atoms with van der Waals surface area (Å²) in [7, 11) is 1.76. The highest BCUT2D eigenvalue weighted by Crippen LogP contribution is 2.17. The molecule has 0 radical (unpaired) electrons. The number of likely N-dealkylation sites (tertiary alicyclic amines) is 1. The van der Waals surface area contributed by atoms with Gasteiger partial charge in [-0.05, 0) is 43.2 Å². The van der Waals surface area contributed by atoms with Gasteiger partial charge in [-0.15, -0.1) is 0 Å². The van der Waals surface area contributed by atoms with Crippen LogP contribution in [0.2, 0.25) is 0 Å². The van der Waals surface area contributed by atoms with Crippen LogP contribution >= 0.6 is 0 Å². The SMILES string of the molecule is CN(C(=O)c1cccc(NCC(=O)N2CCCCCC2)c1)c1ccccc1. The van der Waals surface area contributed by atoms with Crippen LogP contribution in [0.25, 0.3) is 0 Å². The number of amides is 2. The van der Waals surface area contributed by atoms with E-state index in [9.17, 15) is 9.59 Å². The first-order valence-corrected chi connectivity index (χ1v) is 9.60. The van der Waals surface area contributed by atoms with E-state index in [1.807, 2.05) is 47.4 Å². The molecule has 142 valence electrons. The monoisotopic (exact) mass is 365 g/mol. The molecule has 0 aliphatic carbocycles. The van der Waals surface area contributed by atoms with Crippen molar-refractivity contribution in [3.8, 4) is 0 Å². The number of benzene rings is 2. The maximum Gasteiger partial charge on any atom is 0.258 e. The second-order valence-corrected chi connectivity index (χ2v) is 6.93. The summed E-state index contributed by atoms with van der Waals surface area (Å²) in [5.74, 6) is 0.0405. The smallest absolute Gasteiger partial charge is 0.258 e. The number of carbonyl (C=O) groups is 2. The summed E-state index contributed by atoms with van der Waals surface area (Å²) in [6.45, 7) is 1.95. The lowest BCUT2D eigenvalue weighted by Gasteiger charge is -2.21. The van der Waals surface area contributed by atoms with E-state index in [1.165, 1.54) is 12.8 Å². The third kappa shape index (κ3) is 5.09. The number of nitrogens with zero attached hydrogens (tertiary/aromatic N) is 2. The first kappa shape index (κ1) is 19.0. The van der Waals surface area contributed by atoms with Gasteiger partial charge in [-0.25, -0.2) is 0 Å². The van der Waals surface area contributed by atoms with Crippen LogP contribution in [0, 0.1) is 0 Å². The fourth-order valence-corrected chi connectivity index (χ4v) is 3.33. The van der Waals surface area contributed by atoms with Gasteiger partial charge in [0.2, 0.25) is 5.91 Å². The van der Waals surface area contributed by atoms with Crippen molar-refractivity contribution in [2.75, 3.05) is 36.9 Å². The molecular formula is C22H27N3O2. The van der Waals surface area contributed by atoms with Gasteiger partial charge in [-0.2, -0.15) is 0 Å². The molecule has 0 atom stereocenters. The lowest BCUT2D eigenvalue weighted by Crippen LogP contribution is -2.36. The van der Waals surface area contributed by atoms with Crippen LogP contribution in [0.3, 0.4) is 0 Å². The number of anilines is 2. The highest BCUT2D eigenvalue weighted by Gasteiger charge is 2.16. The van der Waals surface area contributed by atoms with Crippen molar-refractivity contribution in [1.82, 2.24) is 4.90 Å². The molecule has 0 spiro atoms. The molecule has 2 amide bonds. The van der Waals surface area contributed by atoms with Crippen molar-refractivity contribution in [2.24, 2.45) is 0 Å². The van der Waals surface area contributed by atoms with E-state index < -0.39 is 0 Å². The third-order valence-corrected chi connectivity index (χ3v) is 4.96. The summed E-state index contributed by atoms with van der Waals surface area (Å²) in [6, 6.07) is 16.9. The minimum absolute atomic E-state index is 0.0799. The number of rotatable bonds is 5. The summed E-state index contributed by atoms with van der Waals surface area (Å²) in [6.07, 6.45) is 4.58. The van der Waals surface area contributed by atoms with Crippen LogP contribution in [0.4, 0.5) is 11.4 Å². The molecule has 3 rings (SSSR count). The quantitative estimate of drug-likeness (QED) is 0.877. The average molecular weight is 365 g/mol. The first-order chi connectivity index (χ1) is 13.1. The maximum atomic E-state index is 12.7. The molecule has 1 N–H and O–H groups in total. The van der Waals surface area contributed by atoms with Crippen molar-refractivity contribution < 1.29 is 9.59 Å². The van der Waals surface area contributed by atoms with Gasteiger partial charge in [-0.1, -0.05) is 37.1 Å². The molecule has 0 unspecified atom stereocenters. The van der Waals surface area contributed by atoms with Crippen LogP contribution in [-0.2, 0) is 4.79 Å². The molecule has 27 heavy (non-hydrogen) atoms. The highest BCUT2D eigenvalue weighted by atomic mass is 16.2. The Kier molecular flexibility index (Phi) is 6.47. The molecule has 2 aromatic carbocycles. The van der Waals surface area contributed by atoms with Crippen LogP contribution in [0.5, 0.6) is 0 Å². The fraction of sp³-hybridized carbons (Fsp3) is 0.364. The largest absolute Gasteiger partial charge is 0.376 e. The molecule has 5 heteroatoms. The summed E-state index contributed by atoms with van der Waals surface area (Å²) in [5.41, 5.74) is 2.22. The predicted molar refractivity (Wildman–Crippen MR) is 109 cm³/mol. The molecule has 1 saturated heterocycles. The van der Waals surface area contributed by atoms with E-state index in [-0.39, 0.29) is 18.4 Å². The van der Waals surface area contributed by atoms with Gasteiger partial charge >= 0.3 is 0 Å². The maximum absolute atomic E-state index is 12.7. The standard InChI is InChI=1S/C22H27N3O2/c1-24(20-12-5-4-6-13-20)22(27)18-10-9-11-19(16-18)23-17-21(26)25-14-7-2-3-8-15-25/h4-6,9-13,16,23H,2-3,7-8,14-15,17H2,1H3. The molecule has 5 nitrogen and oxygen atoms in total. The van der Waals surface area contributed by atoms with Crippen LogP contribution in [0.1, 0.15) is 36.0 Å². The zero-order valence-electron chi connectivity index (χ0n) is 15.9. The van der Waals surface area contributed by atoms with Crippen molar-refractivity contribution >= 4 is 23.2 Å². The van der Waals surface area contributed by atoms with E-state index in [1.54, 1.807) is 24.1 Å². The van der Waals surface area contributed by atoms with E-state index in [2.05, 4.69) is 5.32 Å². The summed E-state index contributed by atoms with van der Waals surface area (Å²) < 4.78 is 0. The molecular weight excluding hydrogens is 338 g/mol. The lowest BCUT2D eigenvalue weighted by molar-refractivity contribution is -0.129. The molecule has 1 aliphatic rings. The average Bonchev–Trinajstić information content (AvgIpc) is 3.01. The predicted octanol–water partition coefficient (Wildman–Crippen LogP) is 3.78. The van der Waals surface area contributed by atoms with Crippen LogP contribution < -0.4 is 10.2 Å². The number of nitrogens with one attached hydrogen (secondary N) is 1. The zero-order valence-corrected chi connectivity index (χ0v) is 15.9. The van der Waals surface area contributed by atoms with Crippen LogP contribution in [-0.4, -0.2) is 43.4 Å². The Morgan fingerprint density at radius 1 is 0.963 bits per heavy atom. The summed E-state index contributed by atoms with van der Waals surface area (Å²) in [4.78, 5) is 28.7. The summed E-state index contributed by atoms with van der Waals surface area (Å²) in [5, 5.41) is 3.17. The van der Waals surface area contributed by atoms with Crippen molar-refractivity contribution in [2.45, 2.75) is 25.7 Å². The van der Waals surface area contributed by atoms with Gasteiger partial charge in [0, 0.05) is 37.1 Å². The lowest BCUT2D eigenvalue weighted by atomic mass is 10.1. The number of hydrogen-bond acceptors (Lipinski definition) is 3. The second-order valence-electron chi connectivity index (χ2n) is 6.93. The van der Waals surface area contributed by atoms with E-state index in [0.717, 1.165) is 37.3 Å². The molecule has 2 aromatic rings. The Balaban J connectivity index is 1.61. The van der Waals surface area contributed by atoms with E-state index >= 15 is 0 Å². The zero-order chi connectivity index (χ0) is 19.1. The Bertz CT molecular complexity index is 768. The number of para-hydroxylation sites is 1. The van der Waals surface area contributed by atoms with Crippen molar-refractivity contribution in [3.05, 3.63) is 60.2 Å². The third-order valence-electron chi connectivity index (χ3n) is 4.96. The fourth-order valence-electron chi connectivity index (χ4n) is 3.33. The second kappa shape index (κ2) is 9.21. The molecule has 1 fully saturated rings. The van der Waals surface area contributed by atoms with E-state index in [0.29, 0.717) is 5.56 Å². The van der Waals surface area contributed by atoms with Gasteiger partial charge in [0.05, 0.1) is 6.54 Å². The van der Waals surface area contributed by atoms with Crippen molar-refractivity contribution in [1.29, 1.82) is 0 Å². The van der Waals surface area contributed by atoms with Gasteiger partial charge in [0.1, 0.15) is 0 Å². The molecule has 1 heterocycles. The molecule has 0 aromatic heterocycles. The Morgan fingerprint density at radius 2 is 1.67 bits per heavy atom. The number of hydrogen-bond donors (Lipinski definition) is 1. The molecule has 0 saturated carbocycles. The Hall–Kier alpha value is -2.82. The minimum Gasteiger partial charge on any atom is -0.376 e. The van der Waals surface area contributed by atoms with Gasteiger partial charge < -0.3 is 15.1 Å². The first-order valence-electron chi connectivity index (χ1n) is 9.60. The Labute approximate surface area is 161 Å². The van der Waals surface area contributed by atoms with Gasteiger partial charge in [0.25, 0.3) is 5.91 Å². The minimum atomic E-state index is -0.0799. The van der Waals surface area contributed by atoms with E-state index in [4.69, 9.17) is 0 Å². The van der Waals surface area contributed by atoms with Gasteiger partial charge in [0.15, 0.2) is 0 Å². The summed E-state index contributed by atoms with van der Waals surface area (Å²) >= 11 is 0. The van der Waals surface area contributed by atoms with Crippen molar-refractivity contribution in [3.63, 3.8) is 0 Å². The normalized spacial score (nSPS) is 14.3. The Morgan fingerprint density at radius 3 is 2.37 bits per heavy atom. The topological polar surface area (TPSA) is 52.7 Å². The number of carbonyl (C=O) groups excluding carboxylic acids is 2. The molecule has 1 aliphatic heterocycles. The van der Waals surface area contributed by atoms with Gasteiger partial charge in [-0.3, -0.25) is 9.59 Å². The molecule has 0 bridgehead atoms.